The summed E-state index contributed by atoms with van der Waals surface area (Å²) in [4.78, 5) is 68.3. The molecule has 40 heteroatoms. The number of nitrogens with one attached hydrogen (secondary N) is 6. The lowest BCUT2D eigenvalue weighted by Gasteiger charge is -2.12. The molecule has 0 radical (unpaired) electrons. The van der Waals surface area contributed by atoms with Gasteiger partial charge in [-0.3, -0.25) is 20.2 Å². The van der Waals surface area contributed by atoms with Gasteiger partial charge < -0.3 is 43.4 Å². The van der Waals surface area contributed by atoms with Crippen LogP contribution in [0, 0.1) is 20.2 Å². The number of non-ortho nitro benzene ring substituents is 2. The van der Waals surface area contributed by atoms with Gasteiger partial charge in [0, 0.05) is 73.2 Å². The van der Waals surface area contributed by atoms with E-state index in [9.17, 15) is 92.1 Å². The maximum atomic E-state index is 12.9. The van der Waals surface area contributed by atoms with E-state index < -0.39 is 95.0 Å². The highest BCUT2D eigenvalue weighted by molar-refractivity contribution is 6.32. The summed E-state index contributed by atoms with van der Waals surface area (Å²) in [5, 5.41) is 44.4. The molecule has 0 atom stereocenters. The molecular formula is C65H64Cl5F12N15O8. The number of nitrogens with two attached hydrogens (primary N) is 2. The molecule has 0 bridgehead atoms. The number of aliphatic imine (C=N–C) groups is 1. The lowest BCUT2D eigenvalue weighted by atomic mass is 10.2. The van der Waals surface area contributed by atoms with Crippen molar-refractivity contribution in [2.75, 3.05) is 21.7 Å². The first kappa shape index (κ1) is 94.2. The van der Waals surface area contributed by atoms with Crippen LogP contribution in [0.2, 0.25) is 20.1 Å². The van der Waals surface area contributed by atoms with Crippen molar-refractivity contribution in [3.05, 3.63) is 261 Å². The molecule has 0 aliphatic rings. The minimum absolute atomic E-state index is 0. The Morgan fingerprint density at radius 2 is 0.829 bits per heavy atom. The second kappa shape index (κ2) is 43.3. The zero-order valence-corrected chi connectivity index (χ0v) is 54.4. The lowest BCUT2D eigenvalue weighted by molar-refractivity contribution is -0.385. The van der Waals surface area contributed by atoms with Crippen molar-refractivity contribution in [1.82, 2.24) is 36.2 Å². The maximum Gasteiger partial charge on any atom is 0.417 e. The van der Waals surface area contributed by atoms with Crippen molar-refractivity contribution in [2.45, 2.75) is 80.6 Å². The summed E-state index contributed by atoms with van der Waals surface area (Å²) in [6.45, 7) is 0.646. The molecule has 0 aliphatic heterocycles. The van der Waals surface area contributed by atoms with Crippen LogP contribution >= 0.6 is 58.8 Å². The molecule has 0 spiro atoms. The Bertz CT molecular complexity index is 4390. The Hall–Kier alpha value is -10.8. The van der Waals surface area contributed by atoms with E-state index in [0.29, 0.717) is 29.5 Å². The summed E-state index contributed by atoms with van der Waals surface area (Å²) in [6.07, 6.45) is -15.8. The minimum atomic E-state index is -4.64. The number of aromatic nitrogens is 4. The van der Waals surface area contributed by atoms with Crippen LogP contribution in [0.25, 0.3) is 5.69 Å². The molecule has 8 aromatic carbocycles. The standard InChI is InChI=1S/C16H12ClF3N6O.C15H11ClF3N3O3.C15H13ClF3N3O.C8H3ClF3NO.C7H8N2O2.4CH4.ClH/c17-14-5-4-11(7-13(14)16(18,19)20)23-15(27)21-8-10-2-1-3-12(6-10)26-9-22-24-25-26;16-13-5-4-10(7-12(13)15(17,18)19)21-14(23)20-8-9-2-1-3-11(6-9)22(24)25;16-13-5-4-11(7-12(13)15(17,18)19)22-14(23)21-8-9-2-1-3-10(20)6-9;9-7-2-1-5(13-4-14)3-6(7)8(10,11)12;8-5-6-2-1-3-7(4-6)9(10)11;;;;;/h1-7,9H,8H2,(H2,21,23,27);1-7H,8H2,(H2,20,21,23);1-7H,8,20H2,(H2,21,22,23);1-3H;1-4H,5,8H2;4*1H4;1H. The average Bonchev–Trinajstić information content (AvgIpc) is 1.80. The van der Waals surface area contributed by atoms with E-state index in [-0.39, 0.29) is 95.9 Å². The van der Waals surface area contributed by atoms with Crippen LogP contribution < -0.4 is 43.4 Å². The van der Waals surface area contributed by atoms with Gasteiger partial charge in [-0.1, -0.05) is 125 Å². The number of hydrogen-bond acceptors (Lipinski definition) is 14. The third-order valence-corrected chi connectivity index (χ3v) is 13.7. The van der Waals surface area contributed by atoms with E-state index in [0.717, 1.165) is 65.2 Å². The molecule has 0 aliphatic carbocycles. The molecule has 105 heavy (non-hydrogen) atoms. The van der Waals surface area contributed by atoms with E-state index in [1.807, 2.05) is 0 Å². The zero-order chi connectivity index (χ0) is 74.1. The number of carbonyl (C=O) groups excluding carboxylic acids is 4. The molecule has 0 unspecified atom stereocenters. The summed E-state index contributed by atoms with van der Waals surface area (Å²) in [6, 6.07) is 36.0. The number of tetrazole rings is 1. The van der Waals surface area contributed by atoms with Gasteiger partial charge >= 0.3 is 42.8 Å². The number of isocyanates is 1. The number of benzene rings is 8. The number of alkyl halides is 12. The van der Waals surface area contributed by atoms with Crippen molar-refractivity contribution >= 4 is 123 Å². The number of halogens is 17. The SMILES string of the molecule is C.C.C.C.Cl.NCc1cccc([N+](=O)[O-])c1.Nc1cccc(CNC(=O)Nc2ccc(Cl)c(C(F)(F)F)c2)c1.O=C(NCc1cccc(-n2cnnn2)c1)Nc1ccc(Cl)c(C(F)(F)F)c1.O=C(NCc1cccc([N+](=O)[O-])c1)Nc1ccc(Cl)c(C(F)(F)F)c1.O=C=Nc1ccc(Cl)c(C(F)(F)F)c1. The zero-order valence-electron chi connectivity index (χ0n) is 50.6. The number of nitro benzene ring substituents is 2. The fourth-order valence-corrected chi connectivity index (χ4v) is 8.65. The Kier molecular flexibility index (Phi) is 38.9. The highest BCUT2D eigenvalue weighted by Crippen LogP contribution is 2.40. The van der Waals surface area contributed by atoms with E-state index in [4.69, 9.17) is 57.9 Å². The average molecular weight is 1590 g/mol. The summed E-state index contributed by atoms with van der Waals surface area (Å²) < 4.78 is 153. The second-order valence-electron chi connectivity index (χ2n) is 19.6. The summed E-state index contributed by atoms with van der Waals surface area (Å²) >= 11 is 21.9. The molecule has 10 N–H and O–H groups in total. The third kappa shape index (κ3) is 31.8. The van der Waals surface area contributed by atoms with Gasteiger partial charge in [-0.15, -0.1) is 17.5 Å². The normalized spacial score (nSPS) is 10.4. The number of amides is 6. The molecule has 23 nitrogen and oxygen atoms in total. The highest BCUT2D eigenvalue weighted by Gasteiger charge is 2.36. The van der Waals surface area contributed by atoms with Gasteiger partial charge in [0.2, 0.25) is 6.08 Å². The lowest BCUT2D eigenvalue weighted by Crippen LogP contribution is -2.28. The quantitative estimate of drug-likeness (QED) is 0.0125. The number of carbonyl (C=O) groups is 3. The molecule has 566 valence electrons. The number of urea groups is 3. The first-order chi connectivity index (χ1) is 46.9. The Balaban J connectivity index is 0.00000131. The first-order valence-corrected chi connectivity index (χ1v) is 29.0. The molecule has 1 aromatic heterocycles. The summed E-state index contributed by atoms with van der Waals surface area (Å²) in [5.41, 5.74) is 10.5. The van der Waals surface area contributed by atoms with Crippen LogP contribution in [0.15, 0.2) is 181 Å². The largest absolute Gasteiger partial charge is 0.417 e. The van der Waals surface area contributed by atoms with E-state index in [2.05, 4.69) is 52.4 Å². The third-order valence-electron chi connectivity index (χ3n) is 12.3. The van der Waals surface area contributed by atoms with Crippen molar-refractivity contribution in [3.8, 4) is 5.69 Å². The molecular weight excluding hydrogens is 1520 g/mol. The van der Waals surface area contributed by atoms with E-state index >= 15 is 0 Å². The van der Waals surface area contributed by atoms with Crippen molar-refractivity contribution in [1.29, 1.82) is 0 Å². The fourth-order valence-electron chi connectivity index (χ4n) is 7.76. The van der Waals surface area contributed by atoms with Gasteiger partial charge in [0.25, 0.3) is 11.4 Å². The summed E-state index contributed by atoms with van der Waals surface area (Å²) in [7, 11) is 0. The number of rotatable bonds is 14. The molecule has 0 saturated carbocycles. The monoisotopic (exact) mass is 1590 g/mol. The maximum absolute atomic E-state index is 12.9. The van der Waals surface area contributed by atoms with Crippen molar-refractivity contribution in [3.63, 3.8) is 0 Å². The van der Waals surface area contributed by atoms with Crippen LogP contribution in [-0.4, -0.2) is 54.2 Å². The van der Waals surface area contributed by atoms with Gasteiger partial charge in [-0.2, -0.15) is 57.7 Å². The molecule has 6 amide bonds. The minimum Gasteiger partial charge on any atom is -0.399 e. The van der Waals surface area contributed by atoms with Gasteiger partial charge in [0.1, 0.15) is 6.33 Å². The number of anilines is 4. The highest BCUT2D eigenvalue weighted by atomic mass is 35.5. The van der Waals surface area contributed by atoms with Crippen LogP contribution in [0.4, 0.5) is 107 Å². The van der Waals surface area contributed by atoms with Crippen LogP contribution in [0.5, 0.6) is 0 Å². The van der Waals surface area contributed by atoms with Gasteiger partial charge in [-0.25, -0.2) is 23.9 Å². The van der Waals surface area contributed by atoms with E-state index in [1.165, 1.54) is 65.6 Å². The molecule has 0 saturated heterocycles. The van der Waals surface area contributed by atoms with Crippen LogP contribution in [0.3, 0.4) is 0 Å². The Morgan fingerprint density at radius 1 is 0.486 bits per heavy atom. The first-order valence-electron chi connectivity index (χ1n) is 27.5. The summed E-state index contributed by atoms with van der Waals surface area (Å²) in [5.74, 6) is 0. The van der Waals surface area contributed by atoms with Crippen molar-refractivity contribution in [2.24, 2.45) is 10.7 Å². The van der Waals surface area contributed by atoms with Gasteiger partial charge in [0.15, 0.2) is 0 Å². The second-order valence-corrected chi connectivity index (χ2v) is 21.2. The van der Waals surface area contributed by atoms with Crippen LogP contribution in [0.1, 0.15) is 74.2 Å². The number of nitrogen functional groups attached to an aromatic ring is 1. The topological polar surface area (TPSA) is 335 Å². The predicted molar refractivity (Wildman–Crippen MR) is 379 cm³/mol. The van der Waals surface area contributed by atoms with Crippen molar-refractivity contribution < 1.29 is 81.7 Å². The van der Waals surface area contributed by atoms with E-state index in [1.54, 1.807) is 66.7 Å². The molecule has 0 fully saturated rings. The van der Waals surface area contributed by atoms with Gasteiger partial charge in [0.05, 0.1) is 63.6 Å². The van der Waals surface area contributed by atoms with Crippen LogP contribution in [-0.2, 0) is 55.7 Å². The number of hydrogen-bond donors (Lipinski definition) is 8. The number of nitrogens with zero attached hydrogens (tertiary/aromatic N) is 7. The fraction of sp³-hybridized carbons (Fsp3) is 0.185. The Labute approximate surface area is 617 Å². The smallest absolute Gasteiger partial charge is 0.399 e. The van der Waals surface area contributed by atoms with Gasteiger partial charge in [-0.05, 0) is 130 Å². The number of nitro groups is 2. The Morgan fingerprint density at radius 3 is 1.18 bits per heavy atom. The molecule has 1 heterocycles. The molecule has 9 aromatic rings. The molecule has 9 rings (SSSR count). The predicted octanol–water partition coefficient (Wildman–Crippen LogP) is 19.9.